The summed E-state index contributed by atoms with van der Waals surface area (Å²) < 4.78 is 10.1. The number of methoxy groups -OCH3 is 1. The maximum Gasteiger partial charge on any atom is 0.373 e. The van der Waals surface area contributed by atoms with Crippen molar-refractivity contribution in [3.8, 4) is 0 Å². The van der Waals surface area contributed by atoms with Crippen LogP contribution in [0.4, 0.5) is 5.69 Å². The number of rotatable bonds is 3. The normalized spacial score (nSPS) is 19.4. The smallest absolute Gasteiger partial charge is 0.373 e. The molecule has 0 radical (unpaired) electrons. The molecule has 0 saturated carbocycles. The minimum atomic E-state index is -0.914. The van der Waals surface area contributed by atoms with Gasteiger partial charge in [-0.2, -0.15) is 0 Å². The molecule has 23 heavy (non-hydrogen) atoms. The number of carbonyl (C=O) groups is 2. The number of anilines is 1. The molecule has 0 fully saturated rings. The van der Waals surface area contributed by atoms with Gasteiger partial charge in [0, 0.05) is 27.7 Å². The number of benzene rings is 1. The van der Waals surface area contributed by atoms with Crippen molar-refractivity contribution in [3.63, 3.8) is 0 Å². The van der Waals surface area contributed by atoms with Crippen LogP contribution >= 0.6 is 23.2 Å². The van der Waals surface area contributed by atoms with E-state index in [1.807, 2.05) is 0 Å². The van der Waals surface area contributed by atoms with Crippen molar-refractivity contribution in [2.75, 3.05) is 12.4 Å². The maximum absolute atomic E-state index is 12.5. The van der Waals surface area contributed by atoms with Gasteiger partial charge in [0.25, 0.3) is 0 Å². The molecule has 1 atom stereocenters. The number of hydrogen-bond donors (Lipinski definition) is 1. The summed E-state index contributed by atoms with van der Waals surface area (Å²) in [4.78, 5) is 23.9. The van der Waals surface area contributed by atoms with Gasteiger partial charge < -0.3 is 14.5 Å². The Morgan fingerprint density at radius 3 is 2.78 bits per heavy atom. The van der Waals surface area contributed by atoms with Gasteiger partial charge in [-0.1, -0.05) is 23.2 Å². The van der Waals surface area contributed by atoms with E-state index in [4.69, 9.17) is 27.6 Å². The molecule has 5 nitrogen and oxygen atoms in total. The van der Waals surface area contributed by atoms with E-state index in [1.165, 1.54) is 13.2 Å². The third-order valence-corrected chi connectivity index (χ3v) is 4.45. The van der Waals surface area contributed by atoms with Gasteiger partial charge in [0.2, 0.25) is 11.7 Å². The standard InChI is InChI=1S/C16H13Cl2NO4/c1-16(7-9-3-4-12(23-9)14(20)22-2)13-10(18)5-8(17)6-11(13)19-15(16)21/h3-6H,7H2,1-2H3,(H,19,21). The van der Waals surface area contributed by atoms with Gasteiger partial charge in [-0.3, -0.25) is 4.79 Å². The molecule has 1 aliphatic rings. The van der Waals surface area contributed by atoms with Crippen molar-refractivity contribution >= 4 is 40.8 Å². The van der Waals surface area contributed by atoms with E-state index in [2.05, 4.69) is 10.1 Å². The molecule has 1 amide bonds. The third kappa shape index (κ3) is 2.60. The molecule has 1 aromatic heterocycles. The van der Waals surface area contributed by atoms with Crippen LogP contribution < -0.4 is 5.32 Å². The molecule has 1 N–H and O–H groups in total. The first-order chi connectivity index (χ1) is 10.8. The molecule has 1 aliphatic heterocycles. The van der Waals surface area contributed by atoms with Crippen LogP contribution in [0, 0.1) is 0 Å². The molecule has 0 saturated heterocycles. The topological polar surface area (TPSA) is 68.5 Å². The number of carbonyl (C=O) groups excluding carboxylic acids is 2. The summed E-state index contributed by atoms with van der Waals surface area (Å²) in [7, 11) is 1.27. The fourth-order valence-electron chi connectivity index (χ4n) is 2.81. The highest BCUT2D eigenvalue weighted by Crippen LogP contribution is 2.45. The highest BCUT2D eigenvalue weighted by molar-refractivity contribution is 6.36. The quantitative estimate of drug-likeness (QED) is 0.851. The predicted octanol–water partition coefficient (Wildman–Crippen LogP) is 3.83. The van der Waals surface area contributed by atoms with E-state index in [1.54, 1.807) is 25.1 Å². The SMILES string of the molecule is COC(=O)c1ccc(CC2(C)C(=O)Nc3cc(Cl)cc(Cl)c32)o1. The van der Waals surface area contributed by atoms with Crippen molar-refractivity contribution in [1.82, 2.24) is 0 Å². The van der Waals surface area contributed by atoms with Gasteiger partial charge in [0.1, 0.15) is 5.76 Å². The fourth-order valence-corrected chi connectivity index (χ4v) is 3.51. The van der Waals surface area contributed by atoms with Crippen molar-refractivity contribution in [3.05, 3.63) is 51.4 Å². The van der Waals surface area contributed by atoms with Crippen LogP contribution in [0.25, 0.3) is 0 Å². The first-order valence-electron chi connectivity index (χ1n) is 6.83. The fraction of sp³-hybridized carbons (Fsp3) is 0.250. The number of furan rings is 1. The van der Waals surface area contributed by atoms with Crippen LogP contribution in [0.5, 0.6) is 0 Å². The molecule has 1 unspecified atom stereocenters. The maximum atomic E-state index is 12.5. The first kappa shape index (κ1) is 15.9. The summed E-state index contributed by atoms with van der Waals surface area (Å²) in [5.41, 5.74) is 0.349. The lowest BCUT2D eigenvalue weighted by molar-refractivity contribution is -0.120. The zero-order valence-corrected chi connectivity index (χ0v) is 13.9. The van der Waals surface area contributed by atoms with Gasteiger partial charge in [-0.25, -0.2) is 4.79 Å². The average molecular weight is 354 g/mol. The third-order valence-electron chi connectivity index (χ3n) is 3.93. The molecule has 120 valence electrons. The molecule has 0 aliphatic carbocycles. The van der Waals surface area contributed by atoms with E-state index in [0.717, 1.165) is 0 Å². The van der Waals surface area contributed by atoms with Crippen molar-refractivity contribution < 1.29 is 18.7 Å². The second-order valence-electron chi connectivity index (χ2n) is 5.53. The Bertz CT molecular complexity index is 814. The number of hydrogen-bond acceptors (Lipinski definition) is 4. The molecular formula is C16H13Cl2NO4. The summed E-state index contributed by atoms with van der Waals surface area (Å²) >= 11 is 12.3. The van der Waals surface area contributed by atoms with Crippen molar-refractivity contribution in [1.29, 1.82) is 0 Å². The number of esters is 1. The minimum Gasteiger partial charge on any atom is -0.463 e. The summed E-state index contributed by atoms with van der Waals surface area (Å²) in [6, 6.07) is 6.42. The second kappa shape index (κ2) is 5.58. The molecule has 0 bridgehead atoms. The Morgan fingerprint density at radius 2 is 2.09 bits per heavy atom. The Kier molecular flexibility index (Phi) is 3.86. The van der Waals surface area contributed by atoms with Gasteiger partial charge in [-0.15, -0.1) is 0 Å². The monoisotopic (exact) mass is 353 g/mol. The zero-order valence-electron chi connectivity index (χ0n) is 12.4. The molecule has 2 aromatic rings. The number of ether oxygens (including phenoxy) is 1. The predicted molar refractivity (Wildman–Crippen MR) is 86.2 cm³/mol. The summed E-state index contributed by atoms with van der Waals surface area (Å²) in [5.74, 6) is -0.191. The van der Waals surface area contributed by atoms with Gasteiger partial charge in [0.15, 0.2) is 0 Å². The van der Waals surface area contributed by atoms with E-state index >= 15 is 0 Å². The van der Waals surface area contributed by atoms with Gasteiger partial charge in [0.05, 0.1) is 12.5 Å². The lowest BCUT2D eigenvalue weighted by Crippen LogP contribution is -2.33. The molecule has 0 spiro atoms. The second-order valence-corrected chi connectivity index (χ2v) is 6.37. The number of nitrogens with one attached hydrogen (secondary N) is 1. The highest BCUT2D eigenvalue weighted by Gasteiger charge is 2.45. The van der Waals surface area contributed by atoms with Crippen molar-refractivity contribution in [2.24, 2.45) is 0 Å². The zero-order chi connectivity index (χ0) is 16.8. The lowest BCUT2D eigenvalue weighted by Gasteiger charge is -2.22. The molecule has 7 heteroatoms. The van der Waals surface area contributed by atoms with Crippen LogP contribution in [0.15, 0.2) is 28.7 Å². The van der Waals surface area contributed by atoms with Crippen LogP contribution in [0.2, 0.25) is 10.0 Å². The Hall–Kier alpha value is -1.98. The van der Waals surface area contributed by atoms with Crippen LogP contribution in [-0.2, 0) is 21.4 Å². The minimum absolute atomic E-state index is 0.0898. The van der Waals surface area contributed by atoms with Crippen LogP contribution in [0.1, 0.15) is 28.8 Å². The van der Waals surface area contributed by atoms with Crippen LogP contribution in [0.3, 0.4) is 0 Å². The summed E-state index contributed by atoms with van der Waals surface area (Å²) in [6.45, 7) is 1.77. The number of halogens is 2. The van der Waals surface area contributed by atoms with Gasteiger partial charge >= 0.3 is 5.97 Å². The largest absolute Gasteiger partial charge is 0.463 e. The molecular weight excluding hydrogens is 341 g/mol. The van der Waals surface area contributed by atoms with E-state index < -0.39 is 11.4 Å². The Labute approximate surface area is 142 Å². The lowest BCUT2D eigenvalue weighted by atomic mass is 9.80. The molecule has 2 heterocycles. The Balaban J connectivity index is 1.99. The summed E-state index contributed by atoms with van der Waals surface area (Å²) in [5, 5.41) is 3.65. The average Bonchev–Trinajstić information content (AvgIpc) is 3.02. The molecule has 3 rings (SSSR count). The molecule has 1 aromatic carbocycles. The van der Waals surface area contributed by atoms with E-state index in [0.29, 0.717) is 27.1 Å². The number of amides is 1. The Morgan fingerprint density at radius 1 is 1.35 bits per heavy atom. The first-order valence-corrected chi connectivity index (χ1v) is 7.59. The van der Waals surface area contributed by atoms with E-state index in [9.17, 15) is 9.59 Å². The van der Waals surface area contributed by atoms with Crippen LogP contribution in [-0.4, -0.2) is 19.0 Å². The van der Waals surface area contributed by atoms with Crippen molar-refractivity contribution in [2.45, 2.75) is 18.8 Å². The van der Waals surface area contributed by atoms with Gasteiger partial charge in [-0.05, 0) is 31.2 Å². The summed E-state index contributed by atoms with van der Waals surface area (Å²) in [6.07, 6.45) is 0.254. The number of fused-ring (bicyclic) bond motifs is 1. The highest BCUT2D eigenvalue weighted by atomic mass is 35.5. The van der Waals surface area contributed by atoms with E-state index in [-0.39, 0.29) is 18.1 Å².